The fourth-order valence-electron chi connectivity index (χ4n) is 1.29. The molecule has 0 fully saturated rings. The number of aliphatic hydroxyl groups excluding tert-OH is 3. The van der Waals surface area contributed by atoms with Crippen molar-refractivity contribution in [1.29, 1.82) is 0 Å². The van der Waals surface area contributed by atoms with Crippen LogP contribution in [0.1, 0.15) is 0 Å². The van der Waals surface area contributed by atoms with Gasteiger partial charge in [-0.2, -0.15) is 20.0 Å². The first-order chi connectivity index (χ1) is 10.1. The standard InChI is InChI=1S/C9H18N6O6/c1-19-14(6-18)8-10-7(13(4-16)5-17)11-9(12-8)15(20-2)21-3/h16-18H,4-6H2,1-3H3. The molecule has 120 valence electrons. The van der Waals surface area contributed by atoms with Crippen molar-refractivity contribution in [2.75, 3.05) is 56.7 Å². The summed E-state index contributed by atoms with van der Waals surface area (Å²) in [7, 11) is 3.95. The molecule has 0 aliphatic rings. The van der Waals surface area contributed by atoms with Crippen LogP contribution in [-0.4, -0.2) is 71.8 Å². The quantitative estimate of drug-likeness (QED) is 0.338. The van der Waals surface area contributed by atoms with E-state index in [9.17, 15) is 5.11 Å². The Morgan fingerprint density at radius 2 is 1.29 bits per heavy atom. The van der Waals surface area contributed by atoms with Crippen LogP contribution in [-0.2, 0) is 14.5 Å². The summed E-state index contributed by atoms with van der Waals surface area (Å²) in [5.41, 5.74) is 0. The first-order valence-electron chi connectivity index (χ1n) is 5.68. The molecule has 1 heterocycles. The van der Waals surface area contributed by atoms with Crippen LogP contribution in [0.25, 0.3) is 0 Å². The summed E-state index contributed by atoms with van der Waals surface area (Å²) in [5, 5.41) is 29.3. The number of hydrogen-bond acceptors (Lipinski definition) is 12. The molecule has 0 radical (unpaired) electrons. The van der Waals surface area contributed by atoms with Crippen molar-refractivity contribution >= 4 is 17.8 Å². The minimum atomic E-state index is -0.536. The van der Waals surface area contributed by atoms with E-state index >= 15 is 0 Å². The van der Waals surface area contributed by atoms with Gasteiger partial charge in [-0.05, 0) is 0 Å². The largest absolute Gasteiger partial charge is 0.376 e. The number of hydrogen-bond donors (Lipinski definition) is 3. The third-order valence-corrected chi connectivity index (χ3v) is 2.29. The molecule has 1 aromatic rings. The van der Waals surface area contributed by atoms with Crippen molar-refractivity contribution in [3.8, 4) is 0 Å². The smallest absolute Gasteiger partial charge is 0.284 e. The highest BCUT2D eigenvalue weighted by Gasteiger charge is 2.20. The maximum Gasteiger partial charge on any atom is 0.284 e. The topological polar surface area (TPSA) is 137 Å². The van der Waals surface area contributed by atoms with E-state index in [-0.39, 0.29) is 17.8 Å². The van der Waals surface area contributed by atoms with Crippen molar-refractivity contribution in [1.82, 2.24) is 15.0 Å². The zero-order chi connectivity index (χ0) is 15.8. The monoisotopic (exact) mass is 306 g/mol. The van der Waals surface area contributed by atoms with Gasteiger partial charge in [0.15, 0.2) is 0 Å². The number of anilines is 3. The summed E-state index contributed by atoms with van der Waals surface area (Å²) < 4.78 is 0. The lowest BCUT2D eigenvalue weighted by molar-refractivity contribution is -0.0473. The fraction of sp³-hybridized carbons (Fsp3) is 0.667. The Morgan fingerprint density at radius 1 is 0.762 bits per heavy atom. The first kappa shape index (κ1) is 17.2. The van der Waals surface area contributed by atoms with Crippen LogP contribution in [0.2, 0.25) is 0 Å². The number of aromatic nitrogens is 3. The summed E-state index contributed by atoms with van der Waals surface area (Å²) in [4.78, 5) is 27.6. The Morgan fingerprint density at radius 3 is 1.71 bits per heavy atom. The molecule has 0 saturated heterocycles. The van der Waals surface area contributed by atoms with Gasteiger partial charge in [0.25, 0.3) is 11.9 Å². The summed E-state index contributed by atoms with van der Waals surface area (Å²) >= 11 is 0. The molecule has 3 N–H and O–H groups in total. The summed E-state index contributed by atoms with van der Waals surface area (Å²) in [6.45, 7) is -1.60. The SMILES string of the molecule is CON(CO)c1nc(N(CO)CO)nc(N(OC)OC)n1. The number of aliphatic hydroxyl groups is 3. The van der Waals surface area contributed by atoms with Crippen LogP contribution >= 0.6 is 0 Å². The molecule has 1 rings (SSSR count). The van der Waals surface area contributed by atoms with Crippen LogP contribution in [0.15, 0.2) is 0 Å². The summed E-state index contributed by atoms with van der Waals surface area (Å²) in [6, 6.07) is 0. The van der Waals surface area contributed by atoms with Gasteiger partial charge < -0.3 is 15.3 Å². The van der Waals surface area contributed by atoms with Crippen LogP contribution < -0.4 is 15.2 Å². The lowest BCUT2D eigenvalue weighted by Gasteiger charge is -2.23. The number of hydroxylamine groups is 1. The fourth-order valence-corrected chi connectivity index (χ4v) is 1.29. The van der Waals surface area contributed by atoms with Crippen molar-refractivity contribution in [2.45, 2.75) is 0 Å². The van der Waals surface area contributed by atoms with Crippen molar-refractivity contribution in [2.24, 2.45) is 0 Å². The highest BCUT2D eigenvalue weighted by Crippen LogP contribution is 2.18. The molecular weight excluding hydrogens is 288 g/mol. The van der Waals surface area contributed by atoms with Crippen LogP contribution in [0.4, 0.5) is 17.8 Å². The molecule has 0 atom stereocenters. The Balaban J connectivity index is 3.30. The minimum absolute atomic E-state index is 0.0744. The van der Waals surface area contributed by atoms with Crippen LogP contribution in [0.3, 0.4) is 0 Å². The molecule has 0 aliphatic heterocycles. The second-order valence-corrected chi connectivity index (χ2v) is 3.38. The Hall–Kier alpha value is -1.83. The lowest BCUT2D eigenvalue weighted by Crippen LogP contribution is -2.32. The van der Waals surface area contributed by atoms with Gasteiger partial charge in [0.05, 0.1) is 21.3 Å². The van der Waals surface area contributed by atoms with E-state index < -0.39 is 20.2 Å². The Bertz CT molecular complexity index is 351. The molecular formula is C9H18N6O6. The molecule has 0 amide bonds. The molecule has 12 heteroatoms. The molecule has 1 aromatic heterocycles. The van der Waals surface area contributed by atoms with Crippen molar-refractivity contribution in [3.05, 3.63) is 0 Å². The average Bonchev–Trinajstić information content (AvgIpc) is 2.51. The third-order valence-electron chi connectivity index (χ3n) is 2.29. The maximum absolute atomic E-state index is 9.18. The molecule has 12 nitrogen and oxygen atoms in total. The highest BCUT2D eigenvalue weighted by atomic mass is 16.9. The molecule has 0 spiro atoms. The normalized spacial score (nSPS) is 10.6. The van der Waals surface area contributed by atoms with Gasteiger partial charge in [-0.25, -0.2) is 9.68 Å². The second-order valence-electron chi connectivity index (χ2n) is 3.38. The van der Waals surface area contributed by atoms with Gasteiger partial charge >= 0.3 is 0 Å². The van der Waals surface area contributed by atoms with Crippen molar-refractivity contribution in [3.63, 3.8) is 0 Å². The first-order valence-corrected chi connectivity index (χ1v) is 5.68. The van der Waals surface area contributed by atoms with Gasteiger partial charge in [0.1, 0.15) is 20.2 Å². The van der Waals surface area contributed by atoms with Gasteiger partial charge in [-0.3, -0.25) is 9.74 Å². The van der Waals surface area contributed by atoms with Gasteiger partial charge in [0.2, 0.25) is 5.95 Å². The van der Waals surface area contributed by atoms with Gasteiger partial charge in [0, 0.05) is 0 Å². The number of rotatable bonds is 9. The second kappa shape index (κ2) is 8.46. The van der Waals surface area contributed by atoms with Crippen LogP contribution in [0.5, 0.6) is 0 Å². The van der Waals surface area contributed by atoms with E-state index in [0.29, 0.717) is 0 Å². The predicted octanol–water partition coefficient (Wildman–Crippen LogP) is -2.18. The van der Waals surface area contributed by atoms with E-state index in [1.807, 2.05) is 0 Å². The Labute approximate surface area is 120 Å². The molecule has 0 unspecified atom stereocenters. The minimum Gasteiger partial charge on any atom is -0.376 e. The average molecular weight is 306 g/mol. The molecule has 0 saturated carbocycles. The highest BCUT2D eigenvalue weighted by molar-refractivity contribution is 5.43. The maximum atomic E-state index is 9.18. The zero-order valence-corrected chi connectivity index (χ0v) is 11.9. The van der Waals surface area contributed by atoms with E-state index in [4.69, 9.17) is 24.7 Å². The molecule has 0 bridgehead atoms. The summed E-state index contributed by atoms with van der Waals surface area (Å²) in [5.74, 6) is -0.233. The van der Waals surface area contributed by atoms with Gasteiger partial charge in [-0.1, -0.05) is 5.23 Å². The molecule has 0 aromatic carbocycles. The van der Waals surface area contributed by atoms with E-state index in [1.165, 1.54) is 21.3 Å². The lowest BCUT2D eigenvalue weighted by atomic mass is 10.7. The predicted molar refractivity (Wildman–Crippen MR) is 69.5 cm³/mol. The Kier molecular flexibility index (Phi) is 6.93. The van der Waals surface area contributed by atoms with E-state index in [1.54, 1.807) is 0 Å². The zero-order valence-electron chi connectivity index (χ0n) is 11.9. The van der Waals surface area contributed by atoms with Gasteiger partial charge in [-0.15, -0.1) is 0 Å². The third kappa shape index (κ3) is 4.07. The van der Waals surface area contributed by atoms with Crippen molar-refractivity contribution < 1.29 is 29.8 Å². The van der Waals surface area contributed by atoms with E-state index in [2.05, 4.69) is 15.0 Å². The van der Waals surface area contributed by atoms with E-state index in [0.717, 1.165) is 15.2 Å². The summed E-state index contributed by atoms with van der Waals surface area (Å²) in [6.07, 6.45) is 0. The number of nitrogens with zero attached hydrogens (tertiary/aromatic N) is 6. The molecule has 21 heavy (non-hydrogen) atoms. The van der Waals surface area contributed by atoms with Crippen LogP contribution in [0, 0.1) is 0 Å². The molecule has 0 aliphatic carbocycles.